The van der Waals surface area contributed by atoms with Crippen LogP contribution in [0.15, 0.2) is 25.7 Å². The van der Waals surface area contributed by atoms with E-state index in [1.807, 2.05) is 19.2 Å². The van der Waals surface area contributed by atoms with Gasteiger partial charge in [0.2, 0.25) is 0 Å². The molecular formula is C12H14BrN3O2. The van der Waals surface area contributed by atoms with Gasteiger partial charge in [-0.25, -0.2) is 0 Å². The van der Waals surface area contributed by atoms with Crippen LogP contribution in [0.2, 0.25) is 0 Å². The molecular weight excluding hydrogens is 298 g/mol. The second-order valence-electron chi connectivity index (χ2n) is 3.92. The summed E-state index contributed by atoms with van der Waals surface area (Å²) in [5, 5.41) is 7.03. The SMILES string of the molecule is CNC(C)Cc1noc(/C=C/c2ccc(Br)o2)n1. The Bertz CT molecular complexity index is 533. The Balaban J connectivity index is 2.00. The summed E-state index contributed by atoms with van der Waals surface area (Å²) in [7, 11) is 1.90. The molecule has 0 aliphatic heterocycles. The van der Waals surface area contributed by atoms with Crippen LogP contribution in [0.4, 0.5) is 0 Å². The molecule has 1 N–H and O–H groups in total. The first-order valence-corrected chi connectivity index (χ1v) is 6.40. The van der Waals surface area contributed by atoms with E-state index in [-0.39, 0.29) is 0 Å². The molecule has 1 atom stereocenters. The number of nitrogens with zero attached hydrogens (tertiary/aromatic N) is 2. The topological polar surface area (TPSA) is 64.1 Å². The molecule has 5 nitrogen and oxygen atoms in total. The van der Waals surface area contributed by atoms with Crippen LogP contribution >= 0.6 is 15.9 Å². The predicted molar refractivity (Wildman–Crippen MR) is 71.9 cm³/mol. The van der Waals surface area contributed by atoms with Gasteiger partial charge < -0.3 is 14.3 Å². The molecule has 0 spiro atoms. The fourth-order valence-electron chi connectivity index (χ4n) is 1.37. The molecule has 0 aliphatic rings. The number of halogens is 1. The van der Waals surface area contributed by atoms with Gasteiger partial charge in [-0.15, -0.1) is 0 Å². The largest absolute Gasteiger partial charge is 0.450 e. The van der Waals surface area contributed by atoms with Gasteiger partial charge in [-0.2, -0.15) is 4.98 Å². The van der Waals surface area contributed by atoms with E-state index in [9.17, 15) is 0 Å². The minimum atomic E-state index is 0.320. The molecule has 1 unspecified atom stereocenters. The quantitative estimate of drug-likeness (QED) is 0.919. The molecule has 2 rings (SSSR count). The van der Waals surface area contributed by atoms with Crippen molar-refractivity contribution in [2.24, 2.45) is 0 Å². The monoisotopic (exact) mass is 311 g/mol. The number of aromatic nitrogens is 2. The van der Waals surface area contributed by atoms with E-state index in [1.165, 1.54) is 0 Å². The van der Waals surface area contributed by atoms with Crippen molar-refractivity contribution in [3.63, 3.8) is 0 Å². The van der Waals surface area contributed by atoms with Crippen LogP contribution in [0.3, 0.4) is 0 Å². The number of rotatable bonds is 5. The van der Waals surface area contributed by atoms with Gasteiger partial charge in [0, 0.05) is 18.5 Å². The lowest BCUT2D eigenvalue weighted by molar-refractivity contribution is 0.400. The summed E-state index contributed by atoms with van der Waals surface area (Å²) in [6.07, 6.45) is 4.25. The van der Waals surface area contributed by atoms with E-state index in [4.69, 9.17) is 8.94 Å². The highest BCUT2D eigenvalue weighted by atomic mass is 79.9. The molecule has 0 aliphatic carbocycles. The highest BCUT2D eigenvalue weighted by molar-refractivity contribution is 9.10. The minimum absolute atomic E-state index is 0.320. The summed E-state index contributed by atoms with van der Waals surface area (Å²) in [4.78, 5) is 4.26. The maximum atomic E-state index is 5.32. The van der Waals surface area contributed by atoms with Crippen molar-refractivity contribution in [1.29, 1.82) is 0 Å². The van der Waals surface area contributed by atoms with Crippen molar-refractivity contribution in [3.8, 4) is 0 Å². The summed E-state index contributed by atoms with van der Waals surface area (Å²) in [5.74, 6) is 1.89. The van der Waals surface area contributed by atoms with Gasteiger partial charge in [0.05, 0.1) is 0 Å². The van der Waals surface area contributed by atoms with Crippen LogP contribution in [0.1, 0.15) is 24.4 Å². The molecule has 0 aromatic carbocycles. The minimum Gasteiger partial charge on any atom is -0.450 e. The molecule has 0 amide bonds. The van der Waals surface area contributed by atoms with E-state index in [0.717, 1.165) is 12.2 Å². The van der Waals surface area contributed by atoms with Crippen molar-refractivity contribution in [2.75, 3.05) is 7.05 Å². The third-order valence-electron chi connectivity index (χ3n) is 2.45. The first kappa shape index (κ1) is 13.0. The fourth-order valence-corrected chi connectivity index (χ4v) is 1.68. The maximum absolute atomic E-state index is 5.32. The van der Waals surface area contributed by atoms with Gasteiger partial charge in [0.15, 0.2) is 10.5 Å². The van der Waals surface area contributed by atoms with Gasteiger partial charge >= 0.3 is 0 Å². The number of nitrogens with one attached hydrogen (secondary N) is 1. The molecule has 6 heteroatoms. The lowest BCUT2D eigenvalue weighted by Gasteiger charge is -2.04. The van der Waals surface area contributed by atoms with Crippen LogP contribution in [0.5, 0.6) is 0 Å². The van der Waals surface area contributed by atoms with E-state index in [0.29, 0.717) is 22.4 Å². The van der Waals surface area contributed by atoms with Crippen LogP contribution in [-0.2, 0) is 6.42 Å². The lowest BCUT2D eigenvalue weighted by Crippen LogP contribution is -2.24. The fraction of sp³-hybridized carbons (Fsp3) is 0.333. The van der Waals surface area contributed by atoms with Crippen LogP contribution < -0.4 is 5.32 Å². The van der Waals surface area contributed by atoms with Crippen molar-refractivity contribution in [2.45, 2.75) is 19.4 Å². The zero-order chi connectivity index (χ0) is 13.0. The average Bonchev–Trinajstić information content (AvgIpc) is 2.96. The summed E-state index contributed by atoms with van der Waals surface area (Å²) < 4.78 is 11.1. The Morgan fingerprint density at radius 3 is 2.94 bits per heavy atom. The Labute approximate surface area is 113 Å². The van der Waals surface area contributed by atoms with Gasteiger partial charge in [-0.3, -0.25) is 0 Å². The number of likely N-dealkylation sites (N-methyl/N-ethyl adjacent to an activating group) is 1. The Morgan fingerprint density at radius 2 is 2.28 bits per heavy atom. The zero-order valence-corrected chi connectivity index (χ0v) is 11.8. The van der Waals surface area contributed by atoms with E-state index in [1.54, 1.807) is 12.2 Å². The first-order chi connectivity index (χ1) is 8.67. The van der Waals surface area contributed by atoms with Crippen LogP contribution in [0, 0.1) is 0 Å². The third-order valence-corrected chi connectivity index (χ3v) is 2.88. The third kappa shape index (κ3) is 3.54. The maximum Gasteiger partial charge on any atom is 0.250 e. The smallest absolute Gasteiger partial charge is 0.250 e. The summed E-state index contributed by atoms with van der Waals surface area (Å²) in [5.41, 5.74) is 0. The highest BCUT2D eigenvalue weighted by Gasteiger charge is 2.07. The molecule has 18 heavy (non-hydrogen) atoms. The van der Waals surface area contributed by atoms with E-state index >= 15 is 0 Å². The van der Waals surface area contributed by atoms with Gasteiger partial charge in [0.1, 0.15) is 5.76 Å². The lowest BCUT2D eigenvalue weighted by atomic mass is 10.2. The molecule has 0 fully saturated rings. The van der Waals surface area contributed by atoms with Gasteiger partial charge in [0.25, 0.3) is 5.89 Å². The Kier molecular flexibility index (Phi) is 4.33. The second kappa shape index (κ2) is 5.97. The first-order valence-electron chi connectivity index (χ1n) is 5.60. The van der Waals surface area contributed by atoms with Crippen molar-refractivity contribution in [1.82, 2.24) is 15.5 Å². The van der Waals surface area contributed by atoms with Gasteiger partial charge in [-0.05, 0) is 48.1 Å². The standard InChI is InChI=1S/C12H14BrN3O2/c1-8(14-2)7-11-15-12(18-16-11)6-4-9-3-5-10(13)17-9/h3-6,8,14H,7H2,1-2H3/b6-4+. The summed E-state index contributed by atoms with van der Waals surface area (Å²) >= 11 is 3.24. The number of furan rings is 1. The zero-order valence-electron chi connectivity index (χ0n) is 10.2. The number of hydrogen-bond acceptors (Lipinski definition) is 5. The van der Waals surface area contributed by atoms with Crippen molar-refractivity contribution in [3.05, 3.63) is 34.3 Å². The molecule has 0 bridgehead atoms. The van der Waals surface area contributed by atoms with Crippen LogP contribution in [-0.4, -0.2) is 23.2 Å². The van der Waals surface area contributed by atoms with Crippen LogP contribution in [0.25, 0.3) is 12.2 Å². The molecule has 0 saturated heterocycles. The van der Waals surface area contributed by atoms with Crippen molar-refractivity contribution >= 4 is 28.1 Å². The molecule has 2 aromatic heterocycles. The molecule has 2 heterocycles. The normalized spacial score (nSPS) is 13.3. The molecule has 2 aromatic rings. The molecule has 0 radical (unpaired) electrons. The highest BCUT2D eigenvalue weighted by Crippen LogP contribution is 2.16. The molecule has 0 saturated carbocycles. The Hall–Kier alpha value is -1.40. The van der Waals surface area contributed by atoms with Gasteiger partial charge in [-0.1, -0.05) is 5.16 Å². The molecule has 96 valence electrons. The Morgan fingerprint density at radius 1 is 1.44 bits per heavy atom. The predicted octanol–water partition coefficient (Wildman–Crippen LogP) is 2.75. The summed E-state index contributed by atoms with van der Waals surface area (Å²) in [6, 6.07) is 3.99. The number of hydrogen-bond donors (Lipinski definition) is 1. The van der Waals surface area contributed by atoms with E-state index in [2.05, 4.69) is 38.3 Å². The van der Waals surface area contributed by atoms with E-state index < -0.39 is 0 Å². The summed E-state index contributed by atoms with van der Waals surface area (Å²) in [6.45, 7) is 2.06. The average molecular weight is 312 g/mol. The second-order valence-corrected chi connectivity index (χ2v) is 4.70. The van der Waals surface area contributed by atoms with Crippen molar-refractivity contribution < 1.29 is 8.94 Å².